The minimum absolute atomic E-state index is 0.257. The first-order valence-electron chi connectivity index (χ1n) is 6.86. The van der Waals surface area contributed by atoms with E-state index in [1.165, 1.54) is 5.56 Å². The summed E-state index contributed by atoms with van der Waals surface area (Å²) >= 11 is 0. The Balaban J connectivity index is 1.62. The second kappa shape index (κ2) is 5.00. The number of benzene rings is 1. The molecule has 2 fully saturated rings. The van der Waals surface area contributed by atoms with Crippen LogP contribution in [0.1, 0.15) is 31.4 Å². The van der Waals surface area contributed by atoms with Gasteiger partial charge in [0.1, 0.15) is 0 Å². The average Bonchev–Trinajstić information content (AvgIpc) is 2.88. The van der Waals surface area contributed by atoms with Gasteiger partial charge in [0.2, 0.25) is 0 Å². The van der Waals surface area contributed by atoms with Crippen LogP contribution in [-0.2, 0) is 9.47 Å². The Morgan fingerprint density at radius 1 is 1.06 bits per heavy atom. The van der Waals surface area contributed by atoms with Crippen LogP contribution in [0.25, 0.3) is 0 Å². The molecule has 1 aromatic rings. The van der Waals surface area contributed by atoms with Crippen molar-refractivity contribution < 1.29 is 9.47 Å². The van der Waals surface area contributed by atoms with E-state index in [1.807, 2.05) is 0 Å². The lowest BCUT2D eigenvalue weighted by Crippen LogP contribution is -2.45. The monoisotopic (exact) mass is 247 g/mol. The van der Waals surface area contributed by atoms with Crippen molar-refractivity contribution in [2.45, 2.75) is 31.6 Å². The quantitative estimate of drug-likeness (QED) is 0.802. The zero-order valence-corrected chi connectivity index (χ0v) is 11.0. The van der Waals surface area contributed by atoms with Gasteiger partial charge in [-0.1, -0.05) is 30.3 Å². The van der Waals surface area contributed by atoms with E-state index in [0.717, 1.165) is 39.1 Å². The molecule has 3 nitrogen and oxygen atoms in total. The largest absolute Gasteiger partial charge is 0.347 e. The third kappa shape index (κ3) is 2.30. The topological polar surface area (TPSA) is 21.7 Å². The fraction of sp³-hybridized carbons (Fsp3) is 0.600. The van der Waals surface area contributed by atoms with E-state index in [9.17, 15) is 0 Å². The highest BCUT2D eigenvalue weighted by molar-refractivity contribution is 5.18. The van der Waals surface area contributed by atoms with Gasteiger partial charge in [-0.25, -0.2) is 0 Å². The highest BCUT2D eigenvalue weighted by atomic mass is 16.7. The Morgan fingerprint density at radius 3 is 2.28 bits per heavy atom. The lowest BCUT2D eigenvalue weighted by atomic mass is 9.99. The van der Waals surface area contributed by atoms with Gasteiger partial charge >= 0.3 is 0 Å². The summed E-state index contributed by atoms with van der Waals surface area (Å²) in [6, 6.07) is 11.2. The predicted molar refractivity (Wildman–Crippen MR) is 70.3 cm³/mol. The summed E-state index contributed by atoms with van der Waals surface area (Å²) in [5, 5.41) is 0. The molecule has 0 N–H and O–H groups in total. The van der Waals surface area contributed by atoms with Crippen LogP contribution in [0.2, 0.25) is 0 Å². The second-order valence-electron chi connectivity index (χ2n) is 5.23. The van der Waals surface area contributed by atoms with Crippen molar-refractivity contribution in [3.05, 3.63) is 35.9 Å². The number of hydrogen-bond acceptors (Lipinski definition) is 3. The van der Waals surface area contributed by atoms with Crippen LogP contribution >= 0.6 is 0 Å². The van der Waals surface area contributed by atoms with Gasteiger partial charge in [0.05, 0.1) is 13.2 Å². The standard InChI is InChI=1S/C15H21NO2/c1-13(14-5-3-2-4-6-14)16-9-7-15(8-10-16)17-11-12-18-15/h2-6,13H,7-12H2,1H3. The molecular weight excluding hydrogens is 226 g/mol. The molecule has 0 saturated carbocycles. The molecule has 2 aliphatic rings. The molecular formula is C15H21NO2. The molecule has 3 rings (SSSR count). The summed E-state index contributed by atoms with van der Waals surface area (Å²) in [4.78, 5) is 2.52. The number of hydrogen-bond donors (Lipinski definition) is 0. The molecule has 0 bridgehead atoms. The molecule has 1 unspecified atom stereocenters. The van der Waals surface area contributed by atoms with E-state index in [-0.39, 0.29) is 5.79 Å². The minimum atomic E-state index is -0.257. The van der Waals surface area contributed by atoms with Crippen LogP contribution in [0.5, 0.6) is 0 Å². The molecule has 18 heavy (non-hydrogen) atoms. The highest BCUT2D eigenvalue weighted by Crippen LogP contribution is 2.34. The van der Waals surface area contributed by atoms with Crippen LogP contribution < -0.4 is 0 Å². The Bertz CT molecular complexity index is 377. The van der Waals surface area contributed by atoms with Gasteiger partial charge in [-0.2, -0.15) is 0 Å². The normalized spacial score (nSPS) is 25.4. The van der Waals surface area contributed by atoms with Crippen molar-refractivity contribution in [3.8, 4) is 0 Å². The van der Waals surface area contributed by atoms with E-state index < -0.39 is 0 Å². The predicted octanol–water partition coefficient (Wildman–Crippen LogP) is 2.59. The molecule has 1 spiro atoms. The first kappa shape index (κ1) is 12.2. The van der Waals surface area contributed by atoms with Crippen LogP contribution in [0.15, 0.2) is 30.3 Å². The smallest absolute Gasteiger partial charge is 0.170 e. The summed E-state index contributed by atoms with van der Waals surface area (Å²) in [6.45, 7) is 5.90. The SMILES string of the molecule is CC(c1ccccc1)N1CCC2(CC1)OCCO2. The maximum absolute atomic E-state index is 5.77. The molecule has 3 heteroatoms. The minimum Gasteiger partial charge on any atom is -0.347 e. The van der Waals surface area contributed by atoms with Crippen LogP contribution in [-0.4, -0.2) is 37.0 Å². The second-order valence-corrected chi connectivity index (χ2v) is 5.23. The average molecular weight is 247 g/mol. The number of rotatable bonds is 2. The van der Waals surface area contributed by atoms with E-state index >= 15 is 0 Å². The third-order valence-electron chi connectivity index (χ3n) is 4.20. The first-order chi connectivity index (χ1) is 8.79. The first-order valence-corrected chi connectivity index (χ1v) is 6.86. The van der Waals surface area contributed by atoms with Gasteiger partial charge in [0, 0.05) is 32.0 Å². The number of ether oxygens (including phenoxy) is 2. The Hall–Kier alpha value is -0.900. The van der Waals surface area contributed by atoms with Gasteiger partial charge in [0.15, 0.2) is 5.79 Å². The summed E-state index contributed by atoms with van der Waals surface area (Å²) in [7, 11) is 0. The summed E-state index contributed by atoms with van der Waals surface area (Å²) < 4.78 is 11.5. The third-order valence-corrected chi connectivity index (χ3v) is 4.20. The molecule has 0 radical (unpaired) electrons. The van der Waals surface area contributed by atoms with Gasteiger partial charge in [-0.3, -0.25) is 4.90 Å². The number of nitrogens with zero attached hydrogens (tertiary/aromatic N) is 1. The lowest BCUT2D eigenvalue weighted by molar-refractivity contribution is -0.187. The molecule has 0 aromatic heterocycles. The zero-order chi connectivity index (χ0) is 12.4. The van der Waals surface area contributed by atoms with E-state index in [2.05, 4.69) is 42.2 Å². The summed E-state index contributed by atoms with van der Waals surface area (Å²) in [5.41, 5.74) is 1.39. The molecule has 2 heterocycles. The van der Waals surface area contributed by atoms with Crippen molar-refractivity contribution in [3.63, 3.8) is 0 Å². The molecule has 1 aromatic carbocycles. The van der Waals surface area contributed by atoms with Crippen molar-refractivity contribution in [2.75, 3.05) is 26.3 Å². The maximum atomic E-state index is 5.77. The molecule has 0 aliphatic carbocycles. The Kier molecular flexibility index (Phi) is 3.37. The van der Waals surface area contributed by atoms with E-state index in [4.69, 9.17) is 9.47 Å². The Morgan fingerprint density at radius 2 is 1.67 bits per heavy atom. The van der Waals surface area contributed by atoms with Crippen molar-refractivity contribution in [2.24, 2.45) is 0 Å². The van der Waals surface area contributed by atoms with Crippen molar-refractivity contribution in [1.82, 2.24) is 4.90 Å². The highest BCUT2D eigenvalue weighted by Gasteiger charge is 2.40. The van der Waals surface area contributed by atoms with Crippen LogP contribution in [0.3, 0.4) is 0 Å². The summed E-state index contributed by atoms with van der Waals surface area (Å²) in [5.74, 6) is -0.257. The number of piperidine rings is 1. The molecule has 98 valence electrons. The Labute approximate surface area is 109 Å². The number of likely N-dealkylation sites (tertiary alicyclic amines) is 1. The van der Waals surface area contributed by atoms with Crippen LogP contribution in [0, 0.1) is 0 Å². The van der Waals surface area contributed by atoms with E-state index in [0.29, 0.717) is 6.04 Å². The van der Waals surface area contributed by atoms with Crippen LogP contribution in [0.4, 0.5) is 0 Å². The molecule has 2 saturated heterocycles. The molecule has 1 atom stereocenters. The van der Waals surface area contributed by atoms with Gasteiger partial charge < -0.3 is 9.47 Å². The molecule has 0 amide bonds. The maximum Gasteiger partial charge on any atom is 0.170 e. The fourth-order valence-electron chi connectivity index (χ4n) is 2.98. The lowest BCUT2D eigenvalue weighted by Gasteiger charge is -2.40. The molecule has 2 aliphatic heterocycles. The zero-order valence-electron chi connectivity index (χ0n) is 11.0. The van der Waals surface area contributed by atoms with Crippen molar-refractivity contribution >= 4 is 0 Å². The van der Waals surface area contributed by atoms with Gasteiger partial charge in [0.25, 0.3) is 0 Å². The van der Waals surface area contributed by atoms with Gasteiger partial charge in [-0.15, -0.1) is 0 Å². The van der Waals surface area contributed by atoms with Gasteiger partial charge in [-0.05, 0) is 12.5 Å². The summed E-state index contributed by atoms with van der Waals surface area (Å²) in [6.07, 6.45) is 1.98. The van der Waals surface area contributed by atoms with Crippen molar-refractivity contribution in [1.29, 1.82) is 0 Å². The fourth-order valence-corrected chi connectivity index (χ4v) is 2.98. The van der Waals surface area contributed by atoms with E-state index in [1.54, 1.807) is 0 Å².